The third-order valence-electron chi connectivity index (χ3n) is 7.49. The van der Waals surface area contributed by atoms with E-state index in [0.29, 0.717) is 22.4 Å². The fourth-order valence-electron chi connectivity index (χ4n) is 5.20. The minimum absolute atomic E-state index is 0.0410. The van der Waals surface area contributed by atoms with E-state index >= 15 is 4.39 Å². The lowest BCUT2D eigenvalue weighted by molar-refractivity contribution is -0.158. The van der Waals surface area contributed by atoms with Gasteiger partial charge in [0, 0.05) is 18.9 Å². The first-order valence-corrected chi connectivity index (χ1v) is 16.6. The Hall–Kier alpha value is -3.84. The number of imidazole rings is 1. The quantitative estimate of drug-likeness (QED) is 0.130. The minimum atomic E-state index is -4.38. The molecule has 2 aromatic heterocycles. The van der Waals surface area contributed by atoms with Crippen LogP contribution in [-0.4, -0.2) is 63.8 Å². The number of carbonyl (C=O) groups excluding carboxylic acids is 1. The number of aromatic nitrogens is 4. The fourth-order valence-corrected chi connectivity index (χ4v) is 6.74. The highest BCUT2D eigenvalue weighted by Crippen LogP contribution is 2.49. The number of fused-ring (bicyclic) bond motifs is 2. The monoisotopic (exact) mass is 657 g/mol. The zero-order chi connectivity index (χ0) is 33.3. The van der Waals surface area contributed by atoms with Crippen molar-refractivity contribution >= 4 is 47.4 Å². The largest absolute Gasteiger partial charge is 0.464 e. The van der Waals surface area contributed by atoms with Gasteiger partial charge < -0.3 is 29.6 Å². The molecular formula is C31H41FN7O6P. The van der Waals surface area contributed by atoms with Crippen molar-refractivity contribution in [1.29, 1.82) is 0 Å². The number of anilines is 2. The van der Waals surface area contributed by atoms with Gasteiger partial charge in [-0.25, -0.2) is 13.9 Å². The number of alkyl halides is 1. The molecule has 248 valence electrons. The van der Waals surface area contributed by atoms with E-state index in [1.54, 1.807) is 36.1 Å². The number of rotatable bonds is 12. The number of benzene rings is 2. The second-order valence-electron chi connectivity index (χ2n) is 12.8. The molecule has 0 aliphatic carbocycles. The molecule has 4 N–H and O–H groups in total. The number of carbonyl (C=O) groups is 1. The molecule has 1 aliphatic rings. The standard InChI is InChI=1S/C31H41FN7O6P/c1-19-14-31(32,44-24(19)15-39-18-35-25-26(34-6)36-29(33)37-27(25)39)17-43-46(41,38-20(2)28(40)42-16-30(3,4)5)45-23-13-9-11-21-10-7-8-12-22(21)23/h7-13,18-20,24H,14-17H2,1-6H3,(H,38,41)(H3,33,34,36,37)/t19-,20-,24-,31-,46?/m0/s1. The summed E-state index contributed by atoms with van der Waals surface area (Å²) in [4.78, 5) is 25.6. The third kappa shape index (κ3) is 7.75. The fraction of sp³-hybridized carbons (Fsp3) is 0.484. The van der Waals surface area contributed by atoms with E-state index < -0.39 is 38.3 Å². The predicted molar refractivity (Wildman–Crippen MR) is 173 cm³/mol. The summed E-state index contributed by atoms with van der Waals surface area (Å²) in [5.74, 6) is -2.44. The molecular weight excluding hydrogens is 616 g/mol. The van der Waals surface area contributed by atoms with Crippen LogP contribution in [0.1, 0.15) is 41.0 Å². The Labute approximate surface area is 267 Å². The number of ether oxygens (including phenoxy) is 2. The van der Waals surface area contributed by atoms with Crippen molar-refractivity contribution < 1.29 is 32.3 Å². The Bertz CT molecular complexity index is 1760. The zero-order valence-corrected chi connectivity index (χ0v) is 27.7. The molecule has 2 aromatic carbocycles. The van der Waals surface area contributed by atoms with Crippen LogP contribution in [0.2, 0.25) is 0 Å². The second-order valence-corrected chi connectivity index (χ2v) is 14.5. The summed E-state index contributed by atoms with van der Waals surface area (Å²) < 4.78 is 55.3. The highest BCUT2D eigenvalue weighted by molar-refractivity contribution is 7.52. The van der Waals surface area contributed by atoms with Crippen molar-refractivity contribution in [2.75, 3.05) is 31.3 Å². The van der Waals surface area contributed by atoms with Crippen molar-refractivity contribution in [2.45, 2.75) is 65.6 Å². The van der Waals surface area contributed by atoms with E-state index in [9.17, 15) is 9.36 Å². The molecule has 0 radical (unpaired) electrons. The van der Waals surface area contributed by atoms with Crippen LogP contribution in [-0.2, 0) is 29.9 Å². The van der Waals surface area contributed by atoms with Gasteiger partial charge in [-0.2, -0.15) is 15.1 Å². The zero-order valence-electron chi connectivity index (χ0n) is 26.8. The first kappa shape index (κ1) is 33.5. The molecule has 15 heteroatoms. The molecule has 1 unspecified atom stereocenters. The lowest BCUT2D eigenvalue weighted by Crippen LogP contribution is -2.38. The summed E-state index contributed by atoms with van der Waals surface area (Å²) in [6.07, 6.45) is 0.930. The van der Waals surface area contributed by atoms with E-state index in [-0.39, 0.29) is 42.6 Å². The van der Waals surface area contributed by atoms with Crippen molar-refractivity contribution in [2.24, 2.45) is 11.3 Å². The van der Waals surface area contributed by atoms with Crippen molar-refractivity contribution in [3.63, 3.8) is 0 Å². The Morgan fingerprint density at radius 2 is 1.98 bits per heavy atom. The van der Waals surface area contributed by atoms with Crippen LogP contribution in [0.15, 0.2) is 48.8 Å². The van der Waals surface area contributed by atoms with Gasteiger partial charge >= 0.3 is 13.7 Å². The summed E-state index contributed by atoms with van der Waals surface area (Å²) in [7, 11) is -2.68. The van der Waals surface area contributed by atoms with Crippen LogP contribution in [0.4, 0.5) is 16.2 Å². The van der Waals surface area contributed by atoms with Gasteiger partial charge in [0.1, 0.15) is 18.4 Å². The molecule has 5 atom stereocenters. The van der Waals surface area contributed by atoms with Gasteiger partial charge in [-0.3, -0.25) is 9.32 Å². The maximum absolute atomic E-state index is 16.3. The molecule has 1 fully saturated rings. The number of nitrogens with zero attached hydrogens (tertiary/aromatic N) is 4. The summed E-state index contributed by atoms with van der Waals surface area (Å²) in [5, 5.41) is 7.09. The van der Waals surface area contributed by atoms with Crippen LogP contribution in [0.25, 0.3) is 21.9 Å². The van der Waals surface area contributed by atoms with E-state index in [1.807, 2.05) is 52.0 Å². The Kier molecular flexibility index (Phi) is 9.55. The molecule has 5 rings (SSSR count). The van der Waals surface area contributed by atoms with Crippen molar-refractivity contribution in [3.05, 3.63) is 48.8 Å². The average Bonchev–Trinajstić information content (AvgIpc) is 3.53. The summed E-state index contributed by atoms with van der Waals surface area (Å²) in [6, 6.07) is 11.5. The predicted octanol–water partition coefficient (Wildman–Crippen LogP) is 5.47. The van der Waals surface area contributed by atoms with Crippen molar-refractivity contribution in [1.82, 2.24) is 24.6 Å². The molecule has 13 nitrogen and oxygen atoms in total. The molecule has 0 spiro atoms. The van der Waals surface area contributed by atoms with E-state index in [1.165, 1.54) is 6.92 Å². The van der Waals surface area contributed by atoms with Crippen LogP contribution in [0, 0.1) is 11.3 Å². The molecule has 1 saturated heterocycles. The van der Waals surface area contributed by atoms with Crippen LogP contribution >= 0.6 is 7.75 Å². The maximum atomic E-state index is 16.3. The average molecular weight is 658 g/mol. The molecule has 3 heterocycles. The Balaban J connectivity index is 1.34. The van der Waals surface area contributed by atoms with Crippen LogP contribution in [0.3, 0.4) is 0 Å². The van der Waals surface area contributed by atoms with E-state index in [2.05, 4.69) is 25.4 Å². The number of nitrogen functional groups attached to an aromatic ring is 1. The molecule has 0 amide bonds. The van der Waals surface area contributed by atoms with Gasteiger partial charge in [-0.15, -0.1) is 0 Å². The summed E-state index contributed by atoms with van der Waals surface area (Å²) in [5.41, 5.74) is 6.60. The third-order valence-corrected chi connectivity index (χ3v) is 9.10. The lowest BCUT2D eigenvalue weighted by atomic mass is 9.99. The normalized spacial score (nSPS) is 22.1. The van der Waals surface area contributed by atoms with Gasteiger partial charge in [0.25, 0.3) is 0 Å². The highest BCUT2D eigenvalue weighted by atomic mass is 31.2. The SMILES string of the molecule is CNc1nc(N)nc2c1ncn2C[C@@H]1O[C@](F)(COP(=O)(N[C@@H](C)C(=O)OCC(C)(C)C)Oc2cccc3ccccc23)C[C@@H]1C. The van der Waals surface area contributed by atoms with E-state index in [0.717, 1.165) is 5.39 Å². The number of hydrogen-bond acceptors (Lipinski definition) is 11. The lowest BCUT2D eigenvalue weighted by Gasteiger charge is -2.27. The molecule has 1 aliphatic heterocycles. The smallest absolute Gasteiger partial charge is 0.459 e. The Morgan fingerprint density at radius 3 is 2.72 bits per heavy atom. The number of nitrogens with two attached hydrogens (primary N) is 1. The molecule has 0 saturated carbocycles. The van der Waals surface area contributed by atoms with E-state index in [4.69, 9.17) is 24.3 Å². The summed E-state index contributed by atoms with van der Waals surface area (Å²) >= 11 is 0. The van der Waals surface area contributed by atoms with Crippen LogP contribution in [0.5, 0.6) is 5.75 Å². The number of halogens is 1. The van der Waals surface area contributed by atoms with Crippen molar-refractivity contribution in [3.8, 4) is 5.75 Å². The van der Waals surface area contributed by atoms with Gasteiger partial charge in [-0.05, 0) is 29.7 Å². The number of nitrogens with one attached hydrogen (secondary N) is 2. The second kappa shape index (κ2) is 13.1. The molecule has 46 heavy (non-hydrogen) atoms. The van der Waals surface area contributed by atoms with Crippen LogP contribution < -0.4 is 20.7 Å². The number of esters is 1. The first-order chi connectivity index (χ1) is 21.7. The number of hydrogen-bond donors (Lipinski definition) is 3. The van der Waals surface area contributed by atoms with Gasteiger partial charge in [-0.1, -0.05) is 64.1 Å². The maximum Gasteiger partial charge on any atom is 0.459 e. The highest BCUT2D eigenvalue weighted by Gasteiger charge is 2.48. The minimum Gasteiger partial charge on any atom is -0.464 e. The van der Waals surface area contributed by atoms with Gasteiger partial charge in [0.15, 0.2) is 17.0 Å². The molecule has 4 aromatic rings. The Morgan fingerprint density at radius 1 is 1.24 bits per heavy atom. The molecule has 0 bridgehead atoms. The summed E-state index contributed by atoms with van der Waals surface area (Å²) in [6.45, 7) is 8.74. The van der Waals surface area contributed by atoms with Gasteiger partial charge in [0.2, 0.25) is 11.8 Å². The first-order valence-electron chi connectivity index (χ1n) is 15.1. The topological polar surface area (TPSA) is 165 Å². The van der Waals surface area contributed by atoms with Gasteiger partial charge in [0.05, 0.1) is 25.6 Å².